The van der Waals surface area contributed by atoms with Crippen molar-refractivity contribution in [3.05, 3.63) is 35.9 Å². The third-order valence-electron chi connectivity index (χ3n) is 5.62. The van der Waals surface area contributed by atoms with Gasteiger partial charge in [0, 0.05) is 12.0 Å². The molecule has 0 heterocycles. The molecule has 4 unspecified atom stereocenters. The highest BCUT2D eigenvalue weighted by Crippen LogP contribution is 2.52. The summed E-state index contributed by atoms with van der Waals surface area (Å²) in [5.74, 6) is 2.63. The van der Waals surface area contributed by atoms with Gasteiger partial charge in [0.15, 0.2) is 0 Å². The lowest BCUT2D eigenvalue weighted by Crippen LogP contribution is -2.41. The number of fused-ring (bicyclic) bond motifs is 2. The second kappa shape index (κ2) is 5.26. The predicted molar refractivity (Wildman–Crippen MR) is 77.8 cm³/mol. The van der Waals surface area contributed by atoms with Crippen molar-refractivity contribution in [1.29, 1.82) is 0 Å². The van der Waals surface area contributed by atoms with E-state index in [1.54, 1.807) is 0 Å². The van der Waals surface area contributed by atoms with E-state index >= 15 is 0 Å². The lowest BCUT2D eigenvalue weighted by atomic mass is 9.70. The standard InChI is InChI=1S/C17H25NO/c18-11-17(12-19,16-4-2-1-3-5-16)10-15-9-13-6-7-14(15)8-13/h1-5,13-15,19H,6-12,18H2. The molecule has 2 saturated carbocycles. The summed E-state index contributed by atoms with van der Waals surface area (Å²) in [5, 5.41) is 9.98. The average Bonchev–Trinajstić information content (AvgIpc) is 3.08. The summed E-state index contributed by atoms with van der Waals surface area (Å²) in [6.45, 7) is 0.711. The number of nitrogens with two attached hydrogens (primary N) is 1. The van der Waals surface area contributed by atoms with Gasteiger partial charge < -0.3 is 10.8 Å². The van der Waals surface area contributed by atoms with Crippen molar-refractivity contribution < 1.29 is 5.11 Å². The van der Waals surface area contributed by atoms with Crippen LogP contribution >= 0.6 is 0 Å². The molecule has 4 atom stereocenters. The number of hydrogen-bond acceptors (Lipinski definition) is 2. The summed E-state index contributed by atoms with van der Waals surface area (Å²) < 4.78 is 0. The first kappa shape index (κ1) is 13.1. The molecule has 104 valence electrons. The van der Waals surface area contributed by atoms with Crippen LogP contribution in [0.25, 0.3) is 0 Å². The van der Waals surface area contributed by atoms with Gasteiger partial charge in [-0.25, -0.2) is 0 Å². The van der Waals surface area contributed by atoms with Gasteiger partial charge in [-0.1, -0.05) is 36.8 Å². The van der Waals surface area contributed by atoms with E-state index in [0.717, 1.165) is 24.2 Å². The molecule has 3 N–H and O–H groups in total. The van der Waals surface area contributed by atoms with Crippen LogP contribution in [-0.2, 0) is 5.41 Å². The smallest absolute Gasteiger partial charge is 0.0540 e. The SMILES string of the molecule is NCC(CO)(CC1CC2CCC1C2)c1ccccc1. The number of rotatable bonds is 5. The minimum atomic E-state index is -0.226. The summed E-state index contributed by atoms with van der Waals surface area (Å²) >= 11 is 0. The number of aliphatic hydroxyl groups is 1. The van der Waals surface area contributed by atoms with Crippen molar-refractivity contribution in [2.24, 2.45) is 23.5 Å². The van der Waals surface area contributed by atoms with Gasteiger partial charge in [-0.15, -0.1) is 0 Å². The van der Waals surface area contributed by atoms with E-state index < -0.39 is 0 Å². The Morgan fingerprint density at radius 1 is 1.16 bits per heavy atom. The highest BCUT2D eigenvalue weighted by Gasteiger charge is 2.43. The largest absolute Gasteiger partial charge is 0.395 e. The van der Waals surface area contributed by atoms with E-state index in [0.29, 0.717) is 6.54 Å². The number of aliphatic hydroxyl groups excluding tert-OH is 1. The molecule has 0 saturated heterocycles. The van der Waals surface area contributed by atoms with Gasteiger partial charge in [0.1, 0.15) is 0 Å². The van der Waals surface area contributed by atoms with Gasteiger partial charge in [0.2, 0.25) is 0 Å². The highest BCUT2D eigenvalue weighted by atomic mass is 16.3. The molecular weight excluding hydrogens is 234 g/mol. The minimum absolute atomic E-state index is 0.168. The van der Waals surface area contributed by atoms with Crippen molar-refractivity contribution in [2.45, 2.75) is 37.5 Å². The Bertz CT molecular complexity index is 413. The molecule has 0 radical (unpaired) electrons. The molecule has 3 rings (SSSR count). The summed E-state index contributed by atoms with van der Waals surface area (Å²) in [5.41, 5.74) is 7.05. The molecule has 0 aromatic heterocycles. The fraction of sp³-hybridized carbons (Fsp3) is 0.647. The molecule has 0 aliphatic heterocycles. The Balaban J connectivity index is 1.81. The molecule has 0 spiro atoms. The molecule has 0 amide bonds. The van der Waals surface area contributed by atoms with Gasteiger partial charge in [0.25, 0.3) is 0 Å². The molecule has 2 heteroatoms. The Labute approximate surface area is 116 Å². The maximum atomic E-state index is 9.98. The molecular formula is C17H25NO. The summed E-state index contributed by atoms with van der Waals surface area (Å²) in [6.07, 6.45) is 6.67. The van der Waals surface area contributed by atoms with Crippen molar-refractivity contribution in [2.75, 3.05) is 13.2 Å². The van der Waals surface area contributed by atoms with Gasteiger partial charge in [-0.2, -0.15) is 0 Å². The fourth-order valence-electron chi connectivity index (χ4n) is 4.46. The Morgan fingerprint density at radius 3 is 2.47 bits per heavy atom. The topological polar surface area (TPSA) is 46.2 Å². The first-order valence-corrected chi connectivity index (χ1v) is 7.64. The Morgan fingerprint density at radius 2 is 1.95 bits per heavy atom. The Kier molecular flexibility index (Phi) is 3.64. The van der Waals surface area contributed by atoms with Crippen molar-refractivity contribution in [3.8, 4) is 0 Å². The monoisotopic (exact) mass is 259 g/mol. The normalized spacial score (nSPS) is 32.4. The van der Waals surface area contributed by atoms with Crippen LogP contribution in [0.15, 0.2) is 30.3 Å². The van der Waals surface area contributed by atoms with E-state index in [9.17, 15) is 5.11 Å². The van der Waals surface area contributed by atoms with Crippen molar-refractivity contribution >= 4 is 0 Å². The predicted octanol–water partition coefficient (Wildman–Crippen LogP) is 2.70. The van der Waals surface area contributed by atoms with E-state index in [-0.39, 0.29) is 12.0 Å². The van der Waals surface area contributed by atoms with Gasteiger partial charge in [-0.3, -0.25) is 0 Å². The first-order chi connectivity index (χ1) is 9.27. The zero-order valence-corrected chi connectivity index (χ0v) is 11.6. The van der Waals surface area contributed by atoms with Gasteiger partial charge in [-0.05, 0) is 49.0 Å². The first-order valence-electron chi connectivity index (χ1n) is 7.64. The van der Waals surface area contributed by atoms with Crippen LogP contribution in [0.1, 0.15) is 37.7 Å². The van der Waals surface area contributed by atoms with E-state index in [4.69, 9.17) is 5.73 Å². The van der Waals surface area contributed by atoms with Crippen LogP contribution in [0.5, 0.6) is 0 Å². The minimum Gasteiger partial charge on any atom is -0.395 e. The van der Waals surface area contributed by atoms with Crippen LogP contribution in [0.3, 0.4) is 0 Å². The molecule has 2 fully saturated rings. The lowest BCUT2D eigenvalue weighted by Gasteiger charge is -2.36. The fourth-order valence-corrected chi connectivity index (χ4v) is 4.46. The van der Waals surface area contributed by atoms with Gasteiger partial charge >= 0.3 is 0 Å². The third-order valence-corrected chi connectivity index (χ3v) is 5.62. The Hall–Kier alpha value is -0.860. The molecule has 2 aliphatic carbocycles. The van der Waals surface area contributed by atoms with Crippen LogP contribution < -0.4 is 5.73 Å². The second-order valence-electron chi connectivity index (χ2n) is 6.65. The van der Waals surface area contributed by atoms with E-state index in [1.807, 2.05) is 6.07 Å². The lowest BCUT2D eigenvalue weighted by molar-refractivity contribution is 0.150. The number of benzene rings is 1. The summed E-state index contributed by atoms with van der Waals surface area (Å²) in [7, 11) is 0. The average molecular weight is 259 g/mol. The maximum Gasteiger partial charge on any atom is 0.0540 e. The highest BCUT2D eigenvalue weighted by molar-refractivity contribution is 5.26. The summed E-state index contributed by atoms with van der Waals surface area (Å²) in [4.78, 5) is 0. The number of hydrogen-bond donors (Lipinski definition) is 2. The second-order valence-corrected chi connectivity index (χ2v) is 6.65. The summed E-state index contributed by atoms with van der Waals surface area (Å²) in [6, 6.07) is 10.4. The molecule has 2 aliphatic rings. The molecule has 1 aromatic carbocycles. The molecule has 19 heavy (non-hydrogen) atoms. The van der Waals surface area contributed by atoms with Crippen LogP contribution in [0.2, 0.25) is 0 Å². The van der Waals surface area contributed by atoms with Crippen molar-refractivity contribution in [1.82, 2.24) is 0 Å². The molecule has 2 bridgehead atoms. The quantitative estimate of drug-likeness (QED) is 0.854. The third kappa shape index (κ3) is 2.32. The molecule has 1 aromatic rings. The van der Waals surface area contributed by atoms with Crippen LogP contribution in [0, 0.1) is 17.8 Å². The zero-order chi connectivity index (χ0) is 13.3. The van der Waals surface area contributed by atoms with Crippen molar-refractivity contribution in [3.63, 3.8) is 0 Å². The van der Waals surface area contributed by atoms with E-state index in [1.165, 1.54) is 31.2 Å². The molecule has 2 nitrogen and oxygen atoms in total. The zero-order valence-electron chi connectivity index (χ0n) is 11.6. The van der Waals surface area contributed by atoms with Crippen LogP contribution in [-0.4, -0.2) is 18.3 Å². The van der Waals surface area contributed by atoms with Gasteiger partial charge in [0.05, 0.1) is 6.61 Å². The van der Waals surface area contributed by atoms with E-state index in [2.05, 4.69) is 24.3 Å². The van der Waals surface area contributed by atoms with Crippen LogP contribution in [0.4, 0.5) is 0 Å². The maximum absolute atomic E-state index is 9.98.